The van der Waals surface area contributed by atoms with E-state index >= 15 is 0 Å². The van der Waals surface area contributed by atoms with Crippen molar-refractivity contribution < 1.29 is 9.53 Å². The molecule has 1 aliphatic heterocycles. The molecule has 5 heteroatoms. The van der Waals surface area contributed by atoms with Gasteiger partial charge in [0.1, 0.15) is 5.75 Å². The van der Waals surface area contributed by atoms with Crippen LogP contribution in [0.5, 0.6) is 11.6 Å². The molecule has 2 heterocycles. The Morgan fingerprint density at radius 2 is 1.96 bits per heavy atom. The van der Waals surface area contributed by atoms with E-state index in [0.29, 0.717) is 23.2 Å². The zero-order valence-corrected chi connectivity index (χ0v) is 14.2. The van der Waals surface area contributed by atoms with Gasteiger partial charge in [0.25, 0.3) is 5.91 Å². The second-order valence-corrected chi connectivity index (χ2v) is 6.20. The van der Waals surface area contributed by atoms with Crippen LogP contribution in [-0.2, 0) is 0 Å². The minimum Gasteiger partial charge on any atom is -0.438 e. The van der Waals surface area contributed by atoms with Gasteiger partial charge in [0.2, 0.25) is 5.88 Å². The number of piperidine rings is 1. The highest BCUT2D eigenvalue weighted by atomic mass is 16.5. The Hall–Kier alpha value is -2.43. The second kappa shape index (κ2) is 7.43. The number of rotatable bonds is 4. The molecule has 1 fully saturated rings. The van der Waals surface area contributed by atoms with E-state index in [9.17, 15) is 4.79 Å². The average molecular weight is 325 g/mol. The number of carbonyl (C=O) groups excluding carboxylic acids is 1. The normalized spacial score (nSPS) is 17.6. The van der Waals surface area contributed by atoms with Crippen LogP contribution in [0.2, 0.25) is 0 Å². The molecule has 24 heavy (non-hydrogen) atoms. The Balaban J connectivity index is 1.69. The van der Waals surface area contributed by atoms with Gasteiger partial charge in [0.15, 0.2) is 0 Å². The first-order valence-electron chi connectivity index (χ1n) is 8.56. The van der Waals surface area contributed by atoms with Gasteiger partial charge in [-0.3, -0.25) is 4.79 Å². The van der Waals surface area contributed by atoms with E-state index in [1.54, 1.807) is 18.2 Å². The van der Waals surface area contributed by atoms with Gasteiger partial charge < -0.3 is 9.64 Å². The van der Waals surface area contributed by atoms with E-state index in [-0.39, 0.29) is 5.91 Å². The van der Waals surface area contributed by atoms with E-state index in [0.717, 1.165) is 31.5 Å². The van der Waals surface area contributed by atoms with Crippen LogP contribution in [0.4, 0.5) is 0 Å². The van der Waals surface area contributed by atoms with Crippen LogP contribution >= 0.6 is 0 Å². The minimum absolute atomic E-state index is 0.114. The number of hydrogen-bond acceptors (Lipinski definition) is 4. The predicted molar refractivity (Wildman–Crippen MR) is 92.3 cm³/mol. The van der Waals surface area contributed by atoms with Crippen LogP contribution in [0.1, 0.15) is 48.7 Å². The van der Waals surface area contributed by atoms with Crippen molar-refractivity contribution in [1.29, 1.82) is 0 Å². The highest BCUT2D eigenvalue weighted by Gasteiger charge is 2.26. The largest absolute Gasteiger partial charge is 0.438 e. The molecule has 0 saturated carbocycles. The van der Waals surface area contributed by atoms with Crippen LogP contribution in [-0.4, -0.2) is 33.6 Å². The molecule has 0 spiro atoms. The Kier molecular flexibility index (Phi) is 5.08. The summed E-state index contributed by atoms with van der Waals surface area (Å²) in [5.74, 6) is 1.21. The Labute approximate surface area is 142 Å². The second-order valence-electron chi connectivity index (χ2n) is 6.20. The Morgan fingerprint density at radius 1 is 1.17 bits per heavy atom. The van der Waals surface area contributed by atoms with Gasteiger partial charge in [0, 0.05) is 24.2 Å². The molecule has 0 aliphatic carbocycles. The van der Waals surface area contributed by atoms with Crippen LogP contribution in [0.3, 0.4) is 0 Å². The van der Waals surface area contributed by atoms with E-state index in [1.165, 1.54) is 6.42 Å². The maximum atomic E-state index is 12.7. The summed E-state index contributed by atoms with van der Waals surface area (Å²) in [4.78, 5) is 14.8. The summed E-state index contributed by atoms with van der Waals surface area (Å²) in [5, 5.41) is 7.94. The van der Waals surface area contributed by atoms with Crippen molar-refractivity contribution in [2.24, 2.45) is 0 Å². The van der Waals surface area contributed by atoms with Crippen molar-refractivity contribution >= 4 is 5.91 Å². The SMILES string of the molecule is CCC1CCCCN1C(=O)c1ccc(Oc2ccc(C)nn2)cc1. The number of aromatic nitrogens is 2. The Morgan fingerprint density at radius 3 is 2.62 bits per heavy atom. The van der Waals surface area contributed by atoms with Crippen LogP contribution in [0.15, 0.2) is 36.4 Å². The quantitative estimate of drug-likeness (QED) is 0.853. The zero-order valence-electron chi connectivity index (χ0n) is 14.2. The molecule has 0 N–H and O–H groups in total. The van der Waals surface area contributed by atoms with Crippen molar-refractivity contribution in [3.8, 4) is 11.6 Å². The minimum atomic E-state index is 0.114. The molecule has 1 amide bonds. The van der Waals surface area contributed by atoms with E-state index < -0.39 is 0 Å². The summed E-state index contributed by atoms with van der Waals surface area (Å²) in [5.41, 5.74) is 1.55. The van der Waals surface area contributed by atoms with Crippen LogP contribution in [0, 0.1) is 6.92 Å². The molecule has 1 aliphatic rings. The third kappa shape index (κ3) is 3.72. The first kappa shape index (κ1) is 16.4. The standard InChI is InChI=1S/C19H23N3O2/c1-3-16-6-4-5-13-22(16)19(23)15-8-10-17(11-9-15)24-18-12-7-14(2)20-21-18/h7-12,16H,3-6,13H2,1-2H3. The molecule has 1 atom stereocenters. The molecule has 5 nitrogen and oxygen atoms in total. The molecule has 1 aromatic heterocycles. The topological polar surface area (TPSA) is 55.3 Å². The van der Waals surface area contributed by atoms with Crippen LogP contribution in [0.25, 0.3) is 0 Å². The molecule has 0 radical (unpaired) electrons. The third-order valence-electron chi connectivity index (χ3n) is 4.46. The first-order valence-corrected chi connectivity index (χ1v) is 8.56. The fraction of sp³-hybridized carbons (Fsp3) is 0.421. The van der Waals surface area contributed by atoms with Gasteiger partial charge in [-0.15, -0.1) is 5.10 Å². The van der Waals surface area contributed by atoms with E-state index in [4.69, 9.17) is 4.74 Å². The van der Waals surface area contributed by atoms with Crippen molar-refractivity contribution in [3.05, 3.63) is 47.7 Å². The molecular formula is C19H23N3O2. The number of aryl methyl sites for hydroxylation is 1. The lowest BCUT2D eigenvalue weighted by Crippen LogP contribution is -2.43. The number of carbonyl (C=O) groups is 1. The van der Waals surface area contributed by atoms with Crippen molar-refractivity contribution in [2.75, 3.05) is 6.54 Å². The number of hydrogen-bond donors (Lipinski definition) is 0. The average Bonchev–Trinajstić information content (AvgIpc) is 2.63. The molecule has 1 unspecified atom stereocenters. The van der Waals surface area contributed by atoms with Gasteiger partial charge in [-0.05, 0) is 62.9 Å². The van der Waals surface area contributed by atoms with Crippen molar-refractivity contribution in [2.45, 2.75) is 45.6 Å². The summed E-state index contributed by atoms with van der Waals surface area (Å²) in [6.07, 6.45) is 4.43. The number of nitrogens with zero attached hydrogens (tertiary/aromatic N) is 3. The zero-order chi connectivity index (χ0) is 16.9. The summed E-state index contributed by atoms with van der Waals surface area (Å²) < 4.78 is 5.66. The van der Waals surface area contributed by atoms with Crippen LogP contribution < -0.4 is 4.74 Å². The third-order valence-corrected chi connectivity index (χ3v) is 4.46. The predicted octanol–water partition coefficient (Wildman–Crippen LogP) is 3.98. The molecule has 126 valence electrons. The molecule has 1 saturated heterocycles. The van der Waals surface area contributed by atoms with Gasteiger partial charge in [-0.1, -0.05) is 6.92 Å². The maximum Gasteiger partial charge on any atom is 0.254 e. The first-order chi connectivity index (χ1) is 11.7. The smallest absolute Gasteiger partial charge is 0.254 e. The fourth-order valence-corrected chi connectivity index (χ4v) is 3.09. The van der Waals surface area contributed by atoms with E-state index in [1.807, 2.05) is 30.0 Å². The van der Waals surface area contributed by atoms with Gasteiger partial charge in [0.05, 0.1) is 5.69 Å². The van der Waals surface area contributed by atoms with Gasteiger partial charge in [-0.2, -0.15) is 5.10 Å². The van der Waals surface area contributed by atoms with Gasteiger partial charge in [-0.25, -0.2) is 0 Å². The highest BCUT2D eigenvalue weighted by Crippen LogP contribution is 2.24. The number of likely N-dealkylation sites (tertiary alicyclic amines) is 1. The number of ether oxygens (including phenoxy) is 1. The molecule has 0 bridgehead atoms. The lowest BCUT2D eigenvalue weighted by Gasteiger charge is -2.35. The lowest BCUT2D eigenvalue weighted by atomic mass is 9.99. The summed E-state index contributed by atoms with van der Waals surface area (Å²) in [6.45, 7) is 4.88. The summed E-state index contributed by atoms with van der Waals surface area (Å²) in [7, 11) is 0. The molecule has 3 rings (SSSR count). The summed E-state index contributed by atoms with van der Waals surface area (Å²) in [6, 6.07) is 11.2. The number of amides is 1. The molecular weight excluding hydrogens is 302 g/mol. The monoisotopic (exact) mass is 325 g/mol. The fourth-order valence-electron chi connectivity index (χ4n) is 3.09. The summed E-state index contributed by atoms with van der Waals surface area (Å²) >= 11 is 0. The Bertz CT molecular complexity index is 683. The highest BCUT2D eigenvalue weighted by molar-refractivity contribution is 5.94. The number of benzene rings is 1. The maximum absolute atomic E-state index is 12.7. The van der Waals surface area contributed by atoms with Gasteiger partial charge >= 0.3 is 0 Å². The van der Waals surface area contributed by atoms with E-state index in [2.05, 4.69) is 17.1 Å². The van der Waals surface area contributed by atoms with Crippen molar-refractivity contribution in [1.82, 2.24) is 15.1 Å². The molecule has 1 aromatic carbocycles. The van der Waals surface area contributed by atoms with Crippen molar-refractivity contribution in [3.63, 3.8) is 0 Å². The lowest BCUT2D eigenvalue weighted by molar-refractivity contribution is 0.0608. The molecule has 2 aromatic rings.